The summed E-state index contributed by atoms with van der Waals surface area (Å²) in [6.07, 6.45) is 1.31. The number of fused-ring (bicyclic) bond motifs is 1. The molecule has 1 aromatic rings. The van der Waals surface area contributed by atoms with Gasteiger partial charge in [-0.15, -0.1) is 0 Å². The first-order valence-corrected chi connectivity index (χ1v) is 10.7. The van der Waals surface area contributed by atoms with Crippen LogP contribution < -0.4 is 4.90 Å². The zero-order valence-electron chi connectivity index (χ0n) is 17.6. The van der Waals surface area contributed by atoms with Crippen LogP contribution in [0.25, 0.3) is 0 Å². The van der Waals surface area contributed by atoms with Gasteiger partial charge >= 0.3 is 17.9 Å². The lowest BCUT2D eigenvalue weighted by atomic mass is 10.2. The van der Waals surface area contributed by atoms with Crippen molar-refractivity contribution in [3.05, 3.63) is 47.0 Å². The molecule has 0 saturated carbocycles. The fraction of sp³-hybridized carbons (Fsp3) is 0.409. The molecule has 1 heterocycles. The Morgan fingerprint density at radius 3 is 2.20 bits per heavy atom. The molecule has 8 heteroatoms. The second-order valence-corrected chi connectivity index (χ2v) is 7.50. The molecule has 0 aromatic heterocycles. The molecule has 0 radical (unpaired) electrons. The van der Waals surface area contributed by atoms with Crippen molar-refractivity contribution < 1.29 is 28.6 Å². The van der Waals surface area contributed by atoms with Crippen molar-refractivity contribution in [3.63, 3.8) is 0 Å². The van der Waals surface area contributed by atoms with E-state index in [9.17, 15) is 14.4 Å². The van der Waals surface area contributed by atoms with Gasteiger partial charge in [0.1, 0.15) is 5.03 Å². The lowest BCUT2D eigenvalue weighted by Gasteiger charge is -2.22. The summed E-state index contributed by atoms with van der Waals surface area (Å²) in [5.41, 5.74) is 1.16. The number of carbonyl (C=O) groups is 3. The molecule has 0 bridgehead atoms. The first-order chi connectivity index (χ1) is 14.4. The van der Waals surface area contributed by atoms with Crippen molar-refractivity contribution in [1.29, 1.82) is 0 Å². The maximum absolute atomic E-state index is 12.6. The van der Waals surface area contributed by atoms with Crippen molar-refractivity contribution in [2.75, 3.05) is 31.3 Å². The number of benzene rings is 1. The number of thioether (sulfide) groups is 1. The molecule has 0 saturated heterocycles. The summed E-state index contributed by atoms with van der Waals surface area (Å²) in [6, 6.07) is 7.67. The maximum atomic E-state index is 12.6. The number of carbonyl (C=O) groups excluding carboxylic acids is 3. The van der Waals surface area contributed by atoms with E-state index in [-0.39, 0.29) is 25.4 Å². The zero-order chi connectivity index (χ0) is 22.1. The molecule has 7 nitrogen and oxygen atoms in total. The Bertz CT molecular complexity index is 828. The Morgan fingerprint density at radius 2 is 1.60 bits per heavy atom. The molecular weight excluding hydrogens is 406 g/mol. The smallest absolute Gasteiger partial charge is 0.348 e. The number of esters is 3. The minimum atomic E-state index is -0.702. The number of hydrogen-bond donors (Lipinski definition) is 0. The normalized spacial score (nSPS) is 12.2. The van der Waals surface area contributed by atoms with E-state index in [0.29, 0.717) is 30.0 Å². The van der Waals surface area contributed by atoms with Crippen molar-refractivity contribution in [3.8, 4) is 0 Å². The van der Waals surface area contributed by atoms with E-state index in [2.05, 4.69) is 6.58 Å². The third-order valence-corrected chi connectivity index (χ3v) is 5.32. The monoisotopic (exact) mass is 433 g/mol. The summed E-state index contributed by atoms with van der Waals surface area (Å²) in [6.45, 7) is 9.64. The number of hydrogen-bond acceptors (Lipinski definition) is 8. The van der Waals surface area contributed by atoms with Crippen LogP contribution in [0.5, 0.6) is 0 Å². The topological polar surface area (TPSA) is 82.1 Å². The lowest BCUT2D eigenvalue weighted by molar-refractivity contribution is -0.146. The summed E-state index contributed by atoms with van der Waals surface area (Å²) >= 11 is 1.34. The van der Waals surface area contributed by atoms with Gasteiger partial charge in [0, 0.05) is 17.0 Å². The summed E-state index contributed by atoms with van der Waals surface area (Å²) in [4.78, 5) is 39.5. The van der Waals surface area contributed by atoms with Crippen molar-refractivity contribution >= 4 is 35.4 Å². The van der Waals surface area contributed by atoms with Crippen LogP contribution in [-0.2, 0) is 28.6 Å². The van der Waals surface area contributed by atoms with Gasteiger partial charge in [0.25, 0.3) is 0 Å². The largest absolute Gasteiger partial charge is 0.462 e. The van der Waals surface area contributed by atoms with Gasteiger partial charge in [-0.2, -0.15) is 0 Å². The molecule has 0 fully saturated rings. The van der Waals surface area contributed by atoms with E-state index in [1.807, 2.05) is 29.2 Å². The van der Waals surface area contributed by atoms with Crippen LogP contribution in [0, 0.1) is 0 Å². The van der Waals surface area contributed by atoms with E-state index < -0.39 is 17.9 Å². The highest BCUT2D eigenvalue weighted by molar-refractivity contribution is 8.03. The van der Waals surface area contributed by atoms with Gasteiger partial charge in [-0.3, -0.25) is 0 Å². The van der Waals surface area contributed by atoms with Gasteiger partial charge in [0.05, 0.1) is 25.5 Å². The summed E-state index contributed by atoms with van der Waals surface area (Å²) < 4.78 is 15.4. The fourth-order valence-corrected chi connectivity index (χ4v) is 3.97. The van der Waals surface area contributed by atoms with E-state index in [1.54, 1.807) is 20.8 Å². The molecule has 162 valence electrons. The minimum absolute atomic E-state index is 0.103. The van der Waals surface area contributed by atoms with Crippen LogP contribution in [0.1, 0.15) is 33.6 Å². The van der Waals surface area contributed by atoms with Gasteiger partial charge in [-0.25, -0.2) is 14.4 Å². The highest BCUT2D eigenvalue weighted by Crippen LogP contribution is 2.47. The van der Waals surface area contributed by atoms with E-state index >= 15 is 0 Å². The number of ether oxygens (including phenoxy) is 3. The van der Waals surface area contributed by atoms with Gasteiger partial charge in [0.15, 0.2) is 5.57 Å². The average molecular weight is 434 g/mol. The maximum Gasteiger partial charge on any atom is 0.348 e. The number of rotatable bonds is 10. The molecule has 2 rings (SSSR count). The number of anilines is 1. The third kappa shape index (κ3) is 5.89. The first-order valence-electron chi connectivity index (χ1n) is 9.86. The second-order valence-electron chi connectivity index (χ2n) is 6.47. The summed E-state index contributed by atoms with van der Waals surface area (Å²) in [5.74, 6) is -1.82. The summed E-state index contributed by atoms with van der Waals surface area (Å²) in [7, 11) is 0. The quantitative estimate of drug-likeness (QED) is 0.137. The van der Waals surface area contributed by atoms with Gasteiger partial charge in [-0.05, 0) is 45.7 Å². The Balaban J connectivity index is 2.24. The lowest BCUT2D eigenvalue weighted by Crippen LogP contribution is -2.27. The van der Waals surface area contributed by atoms with Crippen LogP contribution in [0.15, 0.2) is 51.9 Å². The molecule has 0 aliphatic carbocycles. The first kappa shape index (κ1) is 23.5. The third-order valence-electron chi connectivity index (χ3n) is 4.14. The molecule has 30 heavy (non-hydrogen) atoms. The molecule has 0 amide bonds. The van der Waals surface area contributed by atoms with E-state index in [1.165, 1.54) is 11.8 Å². The Labute approximate surface area is 181 Å². The molecule has 1 aliphatic heterocycles. The second kappa shape index (κ2) is 11.4. The Hall–Kier alpha value is -2.74. The predicted molar refractivity (Wildman–Crippen MR) is 115 cm³/mol. The number of nitrogens with zero attached hydrogens (tertiary/aromatic N) is 1. The van der Waals surface area contributed by atoms with Crippen molar-refractivity contribution in [2.45, 2.75) is 38.5 Å². The molecule has 1 aliphatic rings. The summed E-state index contributed by atoms with van der Waals surface area (Å²) in [5, 5.41) is 0.493. The molecular formula is C22H27NO6S. The molecule has 0 atom stereocenters. The van der Waals surface area contributed by atoms with Crippen LogP contribution in [0.2, 0.25) is 0 Å². The van der Waals surface area contributed by atoms with Gasteiger partial charge in [0.2, 0.25) is 0 Å². The van der Waals surface area contributed by atoms with Gasteiger partial charge < -0.3 is 19.1 Å². The fourth-order valence-electron chi connectivity index (χ4n) is 2.77. The van der Waals surface area contributed by atoms with E-state index in [4.69, 9.17) is 14.2 Å². The minimum Gasteiger partial charge on any atom is -0.462 e. The highest BCUT2D eigenvalue weighted by Gasteiger charge is 2.35. The molecule has 0 spiro atoms. The SMILES string of the molecule is C=C(C)C(=O)OCCCCN1C(=C(C(=O)OCC)C(=O)OCC)Sc2ccccc21. The van der Waals surface area contributed by atoms with Crippen molar-refractivity contribution in [1.82, 2.24) is 0 Å². The Kier molecular flexibility index (Phi) is 8.98. The Morgan fingerprint density at radius 1 is 0.967 bits per heavy atom. The average Bonchev–Trinajstić information content (AvgIpc) is 3.06. The van der Waals surface area contributed by atoms with Crippen LogP contribution in [-0.4, -0.2) is 44.3 Å². The number of para-hydroxylation sites is 1. The highest BCUT2D eigenvalue weighted by atomic mass is 32.2. The predicted octanol–water partition coefficient (Wildman–Crippen LogP) is 3.84. The van der Waals surface area contributed by atoms with Gasteiger partial charge in [-0.1, -0.05) is 30.5 Å². The van der Waals surface area contributed by atoms with Crippen LogP contribution in [0.3, 0.4) is 0 Å². The standard InChI is InChI=1S/C22H27NO6S/c1-5-27-21(25)18(22(26)28-6-2)19-23(16-11-7-8-12-17(16)30-19)13-9-10-14-29-20(24)15(3)4/h7-8,11-12H,3,5-6,9-10,13-14H2,1-2,4H3. The number of unbranched alkanes of at least 4 members (excludes halogenated alkanes) is 1. The van der Waals surface area contributed by atoms with Crippen LogP contribution in [0.4, 0.5) is 5.69 Å². The van der Waals surface area contributed by atoms with Crippen LogP contribution >= 0.6 is 11.8 Å². The molecule has 1 aromatic carbocycles. The molecule has 0 N–H and O–H groups in total. The van der Waals surface area contributed by atoms with E-state index in [0.717, 1.165) is 10.6 Å². The van der Waals surface area contributed by atoms with Crippen molar-refractivity contribution in [2.24, 2.45) is 0 Å². The molecule has 0 unspecified atom stereocenters. The zero-order valence-corrected chi connectivity index (χ0v) is 18.4.